The second kappa shape index (κ2) is 7.31. The maximum atomic E-state index is 12.4. The number of benzene rings is 1. The first-order valence-corrected chi connectivity index (χ1v) is 10.6. The molecule has 1 amide bonds. The normalized spacial score (nSPS) is 18.4. The molecule has 1 aliphatic heterocycles. The number of ether oxygens (including phenoxy) is 1. The maximum absolute atomic E-state index is 12.4. The third-order valence-corrected chi connectivity index (χ3v) is 6.05. The summed E-state index contributed by atoms with van der Waals surface area (Å²) in [6.07, 6.45) is 10.1. The van der Waals surface area contributed by atoms with Gasteiger partial charge < -0.3 is 9.64 Å². The highest BCUT2D eigenvalue weighted by molar-refractivity contribution is 5.95. The van der Waals surface area contributed by atoms with E-state index in [1.807, 2.05) is 30.4 Å². The summed E-state index contributed by atoms with van der Waals surface area (Å²) >= 11 is 0. The van der Waals surface area contributed by atoms with Gasteiger partial charge in [0.15, 0.2) is 0 Å². The molecule has 2 aromatic heterocycles. The Hall–Kier alpha value is -3.09. The zero-order chi connectivity index (χ0) is 20.8. The van der Waals surface area contributed by atoms with Gasteiger partial charge in [0.2, 0.25) is 5.91 Å². The van der Waals surface area contributed by atoms with Crippen molar-refractivity contribution in [2.24, 2.45) is 7.05 Å². The van der Waals surface area contributed by atoms with Gasteiger partial charge in [-0.25, -0.2) is 0 Å². The zero-order valence-electron chi connectivity index (χ0n) is 17.7. The Bertz CT molecular complexity index is 1090. The Morgan fingerprint density at radius 3 is 2.77 bits per heavy atom. The number of carbonyl (C=O) groups excluding carboxylic acids is 1. The second-order valence-corrected chi connectivity index (χ2v) is 8.43. The van der Waals surface area contributed by atoms with Crippen LogP contribution in [-0.2, 0) is 24.9 Å². The summed E-state index contributed by atoms with van der Waals surface area (Å²) < 4.78 is 10.2. The average molecular weight is 406 g/mol. The van der Waals surface area contributed by atoms with Crippen molar-refractivity contribution in [1.29, 1.82) is 0 Å². The van der Waals surface area contributed by atoms with Crippen LogP contribution in [0.4, 0.5) is 5.69 Å². The van der Waals surface area contributed by atoms with Crippen molar-refractivity contribution in [2.75, 3.05) is 4.90 Å². The number of hydrogen-bond donors (Lipinski definition) is 0. The van der Waals surface area contributed by atoms with E-state index in [2.05, 4.69) is 40.1 Å². The molecule has 1 saturated carbocycles. The molecule has 0 spiro atoms. The summed E-state index contributed by atoms with van der Waals surface area (Å²) in [5, 5.41) is 9.01. The van der Waals surface area contributed by atoms with Crippen LogP contribution in [-0.4, -0.2) is 31.5 Å². The van der Waals surface area contributed by atoms with Crippen LogP contribution in [0.3, 0.4) is 0 Å². The monoisotopic (exact) mass is 405 g/mol. The molecule has 1 atom stereocenters. The molecule has 1 fully saturated rings. The first-order chi connectivity index (χ1) is 14.5. The second-order valence-electron chi connectivity index (χ2n) is 8.43. The fraction of sp³-hybridized carbons (Fsp3) is 0.435. The van der Waals surface area contributed by atoms with Gasteiger partial charge in [-0.2, -0.15) is 10.2 Å². The third-order valence-electron chi connectivity index (χ3n) is 6.05. The predicted molar refractivity (Wildman–Crippen MR) is 114 cm³/mol. The quantitative estimate of drug-likeness (QED) is 0.646. The number of anilines is 1. The summed E-state index contributed by atoms with van der Waals surface area (Å²) in [6, 6.07) is 6.80. The summed E-state index contributed by atoms with van der Waals surface area (Å²) in [7, 11) is 1.90. The Labute approximate surface area is 176 Å². The fourth-order valence-corrected chi connectivity index (χ4v) is 4.38. The van der Waals surface area contributed by atoms with E-state index >= 15 is 0 Å². The Morgan fingerprint density at radius 1 is 1.23 bits per heavy atom. The molecule has 0 unspecified atom stereocenters. The van der Waals surface area contributed by atoms with E-state index in [0.29, 0.717) is 12.6 Å². The molecule has 0 bridgehead atoms. The molecule has 30 heavy (non-hydrogen) atoms. The summed E-state index contributed by atoms with van der Waals surface area (Å²) in [6.45, 7) is 4.12. The van der Waals surface area contributed by atoms with Crippen LogP contribution in [0.25, 0.3) is 11.1 Å². The van der Waals surface area contributed by atoms with E-state index < -0.39 is 0 Å². The standard InChI is InChI=1S/C23H27N5O2/c1-15-4-7-21-22(28(15)16(2)29)9-8-20(17-12-24-27(13-17)19-5-6-19)23(21)30-14-18-10-11-26(3)25-18/h8-13,15,19H,4-7,14H2,1-3H3/t15-/m0/s1. The van der Waals surface area contributed by atoms with Gasteiger partial charge >= 0.3 is 0 Å². The van der Waals surface area contributed by atoms with Crippen molar-refractivity contribution in [3.8, 4) is 16.9 Å². The molecular weight excluding hydrogens is 378 g/mol. The molecular formula is C23H27N5O2. The first kappa shape index (κ1) is 18.9. The highest BCUT2D eigenvalue weighted by atomic mass is 16.5. The van der Waals surface area contributed by atoms with Crippen LogP contribution in [0.15, 0.2) is 36.8 Å². The lowest BCUT2D eigenvalue weighted by Crippen LogP contribution is -2.40. The number of hydrogen-bond acceptors (Lipinski definition) is 4. The lowest BCUT2D eigenvalue weighted by atomic mass is 9.92. The first-order valence-electron chi connectivity index (χ1n) is 10.6. The molecule has 3 aromatic rings. The van der Waals surface area contributed by atoms with Crippen molar-refractivity contribution in [1.82, 2.24) is 19.6 Å². The van der Waals surface area contributed by atoms with Crippen LogP contribution in [0.2, 0.25) is 0 Å². The number of nitrogens with zero attached hydrogens (tertiary/aromatic N) is 5. The van der Waals surface area contributed by atoms with Crippen molar-refractivity contribution in [3.05, 3.63) is 48.0 Å². The molecule has 5 rings (SSSR count). The van der Waals surface area contributed by atoms with E-state index in [-0.39, 0.29) is 11.9 Å². The minimum Gasteiger partial charge on any atom is -0.486 e. The summed E-state index contributed by atoms with van der Waals surface area (Å²) in [5.41, 5.74) is 5.00. The fourth-order valence-electron chi connectivity index (χ4n) is 4.38. The summed E-state index contributed by atoms with van der Waals surface area (Å²) in [5.74, 6) is 0.903. The van der Waals surface area contributed by atoms with E-state index in [1.165, 1.54) is 12.8 Å². The Kier molecular flexibility index (Phi) is 4.60. The van der Waals surface area contributed by atoms with Gasteiger partial charge in [-0.05, 0) is 50.8 Å². The summed E-state index contributed by atoms with van der Waals surface area (Å²) in [4.78, 5) is 14.3. The SMILES string of the molecule is CC(=O)N1c2ccc(-c3cnn(C4CC4)c3)c(OCc3ccn(C)n3)c2CC[C@@H]1C. The van der Waals surface area contributed by atoms with Gasteiger partial charge in [-0.1, -0.05) is 0 Å². The van der Waals surface area contributed by atoms with Crippen molar-refractivity contribution in [2.45, 2.75) is 58.2 Å². The average Bonchev–Trinajstić information content (AvgIpc) is 3.30. The molecule has 1 aromatic carbocycles. The number of carbonyl (C=O) groups is 1. The van der Waals surface area contributed by atoms with Crippen LogP contribution in [0, 0.1) is 0 Å². The molecule has 0 N–H and O–H groups in total. The van der Waals surface area contributed by atoms with Crippen molar-refractivity contribution in [3.63, 3.8) is 0 Å². The van der Waals surface area contributed by atoms with Crippen LogP contribution in [0.1, 0.15) is 50.4 Å². The van der Waals surface area contributed by atoms with Gasteiger partial charge in [0.25, 0.3) is 0 Å². The Balaban J connectivity index is 1.57. The lowest BCUT2D eigenvalue weighted by molar-refractivity contribution is -0.117. The van der Waals surface area contributed by atoms with Crippen LogP contribution < -0.4 is 9.64 Å². The smallest absolute Gasteiger partial charge is 0.224 e. The number of rotatable bonds is 5. The number of amides is 1. The van der Waals surface area contributed by atoms with Gasteiger partial charge in [-0.3, -0.25) is 14.2 Å². The molecule has 0 saturated heterocycles. The number of aromatic nitrogens is 4. The molecule has 1 aliphatic carbocycles. The van der Waals surface area contributed by atoms with Crippen molar-refractivity contribution < 1.29 is 9.53 Å². The third kappa shape index (κ3) is 3.38. The molecule has 7 nitrogen and oxygen atoms in total. The molecule has 3 heterocycles. The van der Waals surface area contributed by atoms with Gasteiger partial charge in [0.05, 0.1) is 23.6 Å². The number of aryl methyl sites for hydroxylation is 1. The predicted octanol–water partition coefficient (Wildman–Crippen LogP) is 3.89. The van der Waals surface area contributed by atoms with E-state index in [0.717, 1.165) is 46.7 Å². The zero-order valence-corrected chi connectivity index (χ0v) is 17.7. The van der Waals surface area contributed by atoms with E-state index in [1.54, 1.807) is 11.6 Å². The van der Waals surface area contributed by atoms with E-state index in [4.69, 9.17) is 4.74 Å². The van der Waals surface area contributed by atoms with Gasteiger partial charge in [0, 0.05) is 49.1 Å². The Morgan fingerprint density at radius 2 is 2.07 bits per heavy atom. The molecule has 156 valence electrons. The van der Waals surface area contributed by atoms with E-state index in [9.17, 15) is 4.79 Å². The highest BCUT2D eigenvalue weighted by Crippen LogP contribution is 2.44. The molecule has 2 aliphatic rings. The minimum atomic E-state index is 0.0634. The molecule has 0 radical (unpaired) electrons. The van der Waals surface area contributed by atoms with Crippen LogP contribution in [0.5, 0.6) is 5.75 Å². The van der Waals surface area contributed by atoms with Gasteiger partial charge in [0.1, 0.15) is 12.4 Å². The topological polar surface area (TPSA) is 65.2 Å². The lowest BCUT2D eigenvalue weighted by Gasteiger charge is -2.36. The molecule has 7 heteroatoms. The van der Waals surface area contributed by atoms with Crippen molar-refractivity contribution >= 4 is 11.6 Å². The largest absolute Gasteiger partial charge is 0.486 e. The highest BCUT2D eigenvalue weighted by Gasteiger charge is 2.30. The minimum absolute atomic E-state index is 0.0634. The maximum Gasteiger partial charge on any atom is 0.224 e. The van der Waals surface area contributed by atoms with Gasteiger partial charge in [-0.15, -0.1) is 0 Å². The number of fused-ring (bicyclic) bond motifs is 1. The van der Waals surface area contributed by atoms with Crippen LogP contribution >= 0.6 is 0 Å².